The number of esters is 1. The Balaban J connectivity index is 2.12. The van der Waals surface area contributed by atoms with E-state index in [2.05, 4.69) is 57.3 Å². The molecule has 0 aromatic heterocycles. The quantitative estimate of drug-likeness (QED) is 0.681. The van der Waals surface area contributed by atoms with Gasteiger partial charge < -0.3 is 10.1 Å². The predicted molar refractivity (Wildman–Crippen MR) is 115 cm³/mol. The zero-order valence-corrected chi connectivity index (χ0v) is 18.5. The second-order valence-corrected chi connectivity index (χ2v) is 9.10. The van der Waals surface area contributed by atoms with Crippen molar-refractivity contribution in [2.45, 2.75) is 72.1 Å². The van der Waals surface area contributed by atoms with E-state index in [9.17, 15) is 9.59 Å². The number of hydrogen-bond donors (Lipinski definition) is 1. The minimum Gasteiger partial charge on any atom is -0.466 e. The number of methoxy groups -OCH3 is 1. The van der Waals surface area contributed by atoms with Crippen molar-refractivity contribution in [2.75, 3.05) is 7.11 Å². The monoisotopic (exact) mass is 395 g/mol. The average Bonchev–Trinajstić information content (AvgIpc) is 2.67. The zero-order chi connectivity index (χ0) is 21.3. The Kier molecular flexibility index (Phi) is 6.02. The van der Waals surface area contributed by atoms with Crippen LogP contribution in [0.5, 0.6) is 0 Å². The van der Waals surface area contributed by atoms with Crippen molar-refractivity contribution in [1.82, 2.24) is 5.32 Å². The van der Waals surface area contributed by atoms with Gasteiger partial charge in [0.15, 0.2) is 5.78 Å². The molecular weight excluding hydrogens is 362 g/mol. The summed E-state index contributed by atoms with van der Waals surface area (Å²) in [5.41, 5.74) is 5.18. The number of Topliss-reactive ketones (excluding diaryl/α,β-unsaturated/α-hetero) is 1. The maximum Gasteiger partial charge on any atom is 0.336 e. The third-order valence-electron chi connectivity index (χ3n) is 6.37. The van der Waals surface area contributed by atoms with Crippen molar-refractivity contribution in [1.29, 1.82) is 0 Å². The van der Waals surface area contributed by atoms with Crippen LogP contribution in [0.1, 0.15) is 83.3 Å². The van der Waals surface area contributed by atoms with Crippen molar-refractivity contribution in [3.8, 4) is 0 Å². The lowest BCUT2D eigenvalue weighted by atomic mass is 9.68. The molecule has 4 heteroatoms. The Morgan fingerprint density at radius 3 is 2.34 bits per heavy atom. The van der Waals surface area contributed by atoms with Gasteiger partial charge in [0.25, 0.3) is 0 Å². The number of nitrogens with one attached hydrogen (secondary N) is 1. The number of carbonyl (C=O) groups is 2. The molecule has 1 aromatic rings. The van der Waals surface area contributed by atoms with E-state index in [0.29, 0.717) is 17.9 Å². The lowest BCUT2D eigenvalue weighted by Crippen LogP contribution is -2.38. The van der Waals surface area contributed by atoms with Crippen molar-refractivity contribution < 1.29 is 14.3 Å². The summed E-state index contributed by atoms with van der Waals surface area (Å²) in [6, 6.07) is 8.46. The van der Waals surface area contributed by atoms with Gasteiger partial charge in [-0.1, -0.05) is 52.0 Å². The summed E-state index contributed by atoms with van der Waals surface area (Å²) in [7, 11) is 1.39. The maximum absolute atomic E-state index is 13.2. The molecule has 0 spiro atoms. The van der Waals surface area contributed by atoms with E-state index in [0.717, 1.165) is 41.8 Å². The lowest BCUT2D eigenvalue weighted by Gasteiger charge is -2.39. The van der Waals surface area contributed by atoms with Gasteiger partial charge in [-0.25, -0.2) is 4.79 Å². The Hall–Kier alpha value is -2.36. The number of allylic oxidation sites excluding steroid dienone is 3. The second-order valence-electron chi connectivity index (χ2n) is 9.10. The van der Waals surface area contributed by atoms with E-state index in [1.807, 2.05) is 6.92 Å². The van der Waals surface area contributed by atoms with Gasteiger partial charge in [0, 0.05) is 29.3 Å². The molecule has 1 aromatic carbocycles. The Labute approximate surface area is 174 Å². The molecule has 4 nitrogen and oxygen atoms in total. The molecule has 0 radical (unpaired) electrons. The molecule has 1 N–H and O–H groups in total. The maximum atomic E-state index is 13.2. The fourth-order valence-corrected chi connectivity index (χ4v) is 4.87. The summed E-state index contributed by atoms with van der Waals surface area (Å²) in [6.07, 6.45) is 3.47. The first kappa shape index (κ1) is 21.4. The fourth-order valence-electron chi connectivity index (χ4n) is 4.87. The zero-order valence-electron chi connectivity index (χ0n) is 18.5. The molecule has 156 valence electrons. The highest BCUT2D eigenvalue weighted by molar-refractivity contribution is 6.04. The van der Waals surface area contributed by atoms with Crippen LogP contribution in [0, 0.1) is 5.41 Å². The smallest absolute Gasteiger partial charge is 0.336 e. The largest absolute Gasteiger partial charge is 0.466 e. The first-order chi connectivity index (χ1) is 13.7. The van der Waals surface area contributed by atoms with Gasteiger partial charge in [-0.3, -0.25) is 4.79 Å². The number of dihydropyridines is 1. The SMILES string of the molecule is CCC(CC)c1ccc(C2C(C(=O)OC)=C(C)NC3=C2C(=O)CC(C)(C)C3)cc1. The normalized spacial score (nSPS) is 21.2. The minimum absolute atomic E-state index is 0.0875. The molecule has 0 fully saturated rings. The Bertz CT molecular complexity index is 870. The molecular formula is C25H33NO3. The van der Waals surface area contributed by atoms with Crippen LogP contribution in [-0.4, -0.2) is 18.9 Å². The van der Waals surface area contributed by atoms with E-state index in [1.54, 1.807) is 0 Å². The number of ketones is 1. The van der Waals surface area contributed by atoms with Crippen LogP contribution in [0.3, 0.4) is 0 Å². The van der Waals surface area contributed by atoms with Crippen molar-refractivity contribution in [2.24, 2.45) is 5.41 Å². The minimum atomic E-state index is -0.381. The third kappa shape index (κ3) is 4.03. The highest BCUT2D eigenvalue weighted by Gasteiger charge is 2.42. The first-order valence-corrected chi connectivity index (χ1v) is 10.6. The molecule has 1 atom stereocenters. The van der Waals surface area contributed by atoms with E-state index in [4.69, 9.17) is 4.74 Å². The third-order valence-corrected chi connectivity index (χ3v) is 6.37. The van der Waals surface area contributed by atoms with Gasteiger partial charge in [0.2, 0.25) is 0 Å². The van der Waals surface area contributed by atoms with Crippen molar-refractivity contribution in [3.63, 3.8) is 0 Å². The van der Waals surface area contributed by atoms with Gasteiger partial charge in [-0.05, 0) is 48.6 Å². The molecule has 29 heavy (non-hydrogen) atoms. The molecule has 3 rings (SSSR count). The van der Waals surface area contributed by atoms with Crippen LogP contribution >= 0.6 is 0 Å². The molecule has 1 unspecified atom stereocenters. The van der Waals surface area contributed by atoms with Crippen LogP contribution < -0.4 is 5.32 Å². The number of carbonyl (C=O) groups excluding carboxylic acids is 2. The molecule has 0 amide bonds. The number of rotatable bonds is 5. The van der Waals surface area contributed by atoms with Gasteiger partial charge in [0.05, 0.1) is 12.7 Å². The first-order valence-electron chi connectivity index (χ1n) is 10.6. The molecule has 0 saturated carbocycles. The molecule has 1 aliphatic carbocycles. The highest BCUT2D eigenvalue weighted by Crippen LogP contribution is 2.46. The highest BCUT2D eigenvalue weighted by atomic mass is 16.5. The molecule has 0 saturated heterocycles. The van der Waals surface area contributed by atoms with Crippen LogP contribution in [0.4, 0.5) is 0 Å². The molecule has 0 bridgehead atoms. The predicted octanol–water partition coefficient (Wildman–Crippen LogP) is 5.37. The summed E-state index contributed by atoms with van der Waals surface area (Å²) in [5, 5.41) is 3.35. The summed E-state index contributed by atoms with van der Waals surface area (Å²) in [4.78, 5) is 25.9. The number of ether oxygens (including phenoxy) is 1. The second kappa shape index (κ2) is 8.17. The lowest BCUT2D eigenvalue weighted by molar-refractivity contribution is -0.136. The Morgan fingerprint density at radius 1 is 1.17 bits per heavy atom. The van der Waals surface area contributed by atoms with E-state index >= 15 is 0 Å². The van der Waals surface area contributed by atoms with Gasteiger partial charge >= 0.3 is 5.97 Å². The van der Waals surface area contributed by atoms with E-state index in [1.165, 1.54) is 12.7 Å². The van der Waals surface area contributed by atoms with E-state index in [-0.39, 0.29) is 23.1 Å². The molecule has 1 heterocycles. The molecule has 1 aliphatic heterocycles. The van der Waals surface area contributed by atoms with Crippen molar-refractivity contribution >= 4 is 11.8 Å². The van der Waals surface area contributed by atoms with Gasteiger partial charge in [0.1, 0.15) is 0 Å². The van der Waals surface area contributed by atoms with Crippen LogP contribution in [-0.2, 0) is 14.3 Å². The van der Waals surface area contributed by atoms with Gasteiger partial charge in [-0.2, -0.15) is 0 Å². The average molecular weight is 396 g/mol. The van der Waals surface area contributed by atoms with Gasteiger partial charge in [-0.15, -0.1) is 0 Å². The standard InChI is InChI=1S/C25H33NO3/c1-7-16(8-2)17-9-11-18(12-10-17)22-21(24(28)29-6)15(3)26-19-13-25(4,5)14-20(27)23(19)22/h9-12,16,22,26H,7-8,13-14H2,1-6H3. The van der Waals surface area contributed by atoms with Crippen LogP contribution in [0.25, 0.3) is 0 Å². The fraction of sp³-hybridized carbons (Fsp3) is 0.520. The molecule has 2 aliphatic rings. The Morgan fingerprint density at radius 2 is 1.79 bits per heavy atom. The van der Waals surface area contributed by atoms with Crippen LogP contribution in [0.2, 0.25) is 0 Å². The number of benzene rings is 1. The topological polar surface area (TPSA) is 55.4 Å². The summed E-state index contributed by atoms with van der Waals surface area (Å²) < 4.78 is 5.09. The number of hydrogen-bond acceptors (Lipinski definition) is 4. The summed E-state index contributed by atoms with van der Waals surface area (Å²) >= 11 is 0. The van der Waals surface area contributed by atoms with Crippen molar-refractivity contribution in [3.05, 3.63) is 57.9 Å². The summed E-state index contributed by atoms with van der Waals surface area (Å²) in [5.74, 6) is -0.112. The summed E-state index contributed by atoms with van der Waals surface area (Å²) in [6.45, 7) is 10.5. The van der Waals surface area contributed by atoms with E-state index < -0.39 is 0 Å². The van der Waals surface area contributed by atoms with Crippen LogP contribution in [0.15, 0.2) is 46.8 Å².